The van der Waals surface area contributed by atoms with Crippen molar-refractivity contribution in [1.29, 1.82) is 0 Å². The van der Waals surface area contributed by atoms with Gasteiger partial charge in [-0.2, -0.15) is 0 Å². The molecule has 27 heavy (non-hydrogen) atoms. The smallest absolute Gasteiger partial charge is 0.319 e. The highest BCUT2D eigenvalue weighted by Gasteiger charge is 2.47. The van der Waals surface area contributed by atoms with Gasteiger partial charge in [0.05, 0.1) is 6.61 Å². The van der Waals surface area contributed by atoms with E-state index in [0.29, 0.717) is 31.3 Å². The minimum Gasteiger partial charge on any atom is -0.465 e. The molecule has 0 spiro atoms. The third kappa shape index (κ3) is 4.59. The summed E-state index contributed by atoms with van der Waals surface area (Å²) in [4.78, 5) is 25.0. The number of rotatable bonds is 5. The highest BCUT2D eigenvalue weighted by Crippen LogP contribution is 2.47. The van der Waals surface area contributed by atoms with Crippen molar-refractivity contribution < 1.29 is 14.3 Å². The number of carbonyl (C=O) groups is 2. The van der Waals surface area contributed by atoms with Crippen molar-refractivity contribution in [2.45, 2.75) is 97.8 Å². The SMILES string of the molecule is CCOC(=O)[C@@]1(C)CC[C@@H](C2CCC([C@H]3CC[C@H](CC)CC3)CC2)CC1=O. The molecule has 0 aromatic carbocycles. The van der Waals surface area contributed by atoms with Crippen LogP contribution in [0.5, 0.6) is 0 Å². The number of hydrogen-bond donors (Lipinski definition) is 0. The molecule has 0 aliphatic heterocycles. The highest BCUT2D eigenvalue weighted by atomic mass is 16.5. The Hall–Kier alpha value is -0.860. The van der Waals surface area contributed by atoms with Crippen LogP contribution in [0.2, 0.25) is 0 Å². The molecule has 3 fully saturated rings. The largest absolute Gasteiger partial charge is 0.465 e. The molecule has 0 saturated heterocycles. The van der Waals surface area contributed by atoms with Gasteiger partial charge in [-0.25, -0.2) is 0 Å². The van der Waals surface area contributed by atoms with Crippen molar-refractivity contribution in [3.63, 3.8) is 0 Å². The zero-order chi connectivity index (χ0) is 19.4. The van der Waals surface area contributed by atoms with Gasteiger partial charge in [0.2, 0.25) is 0 Å². The second kappa shape index (κ2) is 9.09. The van der Waals surface area contributed by atoms with Crippen LogP contribution in [0.25, 0.3) is 0 Å². The summed E-state index contributed by atoms with van der Waals surface area (Å²) in [6.07, 6.45) is 14.8. The van der Waals surface area contributed by atoms with E-state index >= 15 is 0 Å². The maximum atomic E-state index is 12.8. The van der Waals surface area contributed by atoms with E-state index in [1.54, 1.807) is 6.92 Å². The van der Waals surface area contributed by atoms with Crippen LogP contribution >= 0.6 is 0 Å². The Morgan fingerprint density at radius 3 is 1.89 bits per heavy atom. The Morgan fingerprint density at radius 1 is 0.889 bits per heavy atom. The summed E-state index contributed by atoms with van der Waals surface area (Å²) in [7, 11) is 0. The molecule has 3 heteroatoms. The summed E-state index contributed by atoms with van der Waals surface area (Å²) in [6.45, 7) is 6.31. The predicted molar refractivity (Wildman–Crippen MR) is 108 cm³/mol. The monoisotopic (exact) mass is 376 g/mol. The van der Waals surface area contributed by atoms with Gasteiger partial charge >= 0.3 is 5.97 Å². The van der Waals surface area contributed by atoms with Crippen LogP contribution in [0.15, 0.2) is 0 Å². The fourth-order valence-electron chi connectivity index (χ4n) is 6.24. The van der Waals surface area contributed by atoms with Gasteiger partial charge < -0.3 is 4.74 Å². The van der Waals surface area contributed by atoms with Crippen LogP contribution in [-0.4, -0.2) is 18.4 Å². The van der Waals surface area contributed by atoms with Crippen molar-refractivity contribution in [3.05, 3.63) is 0 Å². The fraction of sp³-hybridized carbons (Fsp3) is 0.917. The third-order valence-corrected chi connectivity index (χ3v) is 8.42. The summed E-state index contributed by atoms with van der Waals surface area (Å²) in [5.41, 5.74) is -0.887. The minimum absolute atomic E-state index is 0.122. The maximum Gasteiger partial charge on any atom is 0.319 e. The first-order chi connectivity index (χ1) is 13.0. The molecular weight excluding hydrogens is 336 g/mol. The summed E-state index contributed by atoms with van der Waals surface area (Å²) < 4.78 is 5.17. The van der Waals surface area contributed by atoms with Crippen LogP contribution in [0.1, 0.15) is 97.8 Å². The Labute approximate surface area is 166 Å². The van der Waals surface area contributed by atoms with Gasteiger partial charge in [0.1, 0.15) is 11.2 Å². The van der Waals surface area contributed by atoms with Crippen molar-refractivity contribution in [2.24, 2.45) is 35.0 Å². The van der Waals surface area contributed by atoms with Crippen LogP contribution in [0.3, 0.4) is 0 Å². The zero-order valence-corrected chi connectivity index (χ0v) is 17.8. The molecule has 3 nitrogen and oxygen atoms in total. The first-order valence-electron chi connectivity index (χ1n) is 11.7. The van der Waals surface area contributed by atoms with Crippen LogP contribution < -0.4 is 0 Å². The van der Waals surface area contributed by atoms with Crippen LogP contribution in [0, 0.1) is 35.0 Å². The molecule has 0 bridgehead atoms. The van der Waals surface area contributed by atoms with E-state index in [1.165, 1.54) is 57.8 Å². The normalized spacial score (nSPS) is 40.6. The lowest BCUT2D eigenvalue weighted by molar-refractivity contribution is -0.162. The molecule has 3 rings (SSSR count). The highest BCUT2D eigenvalue weighted by molar-refractivity contribution is 6.03. The first-order valence-corrected chi connectivity index (χ1v) is 11.7. The van der Waals surface area contributed by atoms with Crippen molar-refractivity contribution in [3.8, 4) is 0 Å². The molecular formula is C24H40O3. The molecule has 0 N–H and O–H groups in total. The first kappa shape index (κ1) is 20.9. The molecule has 0 aromatic rings. The van der Waals surface area contributed by atoms with Gasteiger partial charge in [-0.3, -0.25) is 9.59 Å². The number of Topliss-reactive ketones (excluding diaryl/α,β-unsaturated/α-hetero) is 1. The van der Waals surface area contributed by atoms with Crippen LogP contribution in [-0.2, 0) is 14.3 Å². The molecule has 3 saturated carbocycles. The number of hydrogen-bond acceptors (Lipinski definition) is 3. The van der Waals surface area contributed by atoms with E-state index in [-0.39, 0.29) is 11.8 Å². The molecule has 0 aromatic heterocycles. The lowest BCUT2D eigenvalue weighted by Crippen LogP contribution is -2.44. The van der Waals surface area contributed by atoms with E-state index in [2.05, 4.69) is 6.92 Å². The molecule has 0 radical (unpaired) electrons. The third-order valence-electron chi connectivity index (χ3n) is 8.42. The molecule has 2 atom stereocenters. The summed E-state index contributed by atoms with van der Waals surface area (Å²) in [6, 6.07) is 0. The van der Waals surface area contributed by atoms with Crippen molar-refractivity contribution >= 4 is 11.8 Å². The predicted octanol–water partition coefficient (Wildman–Crippen LogP) is 5.95. The van der Waals surface area contributed by atoms with E-state index in [0.717, 1.165) is 24.2 Å². The molecule has 3 aliphatic rings. The Kier molecular flexibility index (Phi) is 7.03. The van der Waals surface area contributed by atoms with Gasteiger partial charge in [-0.05, 0) is 94.8 Å². The maximum absolute atomic E-state index is 12.8. The molecule has 3 aliphatic carbocycles. The van der Waals surface area contributed by atoms with Crippen LogP contribution in [0.4, 0.5) is 0 Å². The molecule has 0 amide bonds. The van der Waals surface area contributed by atoms with Gasteiger partial charge in [0.25, 0.3) is 0 Å². The second-order valence-corrected chi connectivity index (χ2v) is 9.84. The van der Waals surface area contributed by atoms with Gasteiger partial charge in [-0.1, -0.05) is 26.2 Å². The topological polar surface area (TPSA) is 43.4 Å². The lowest BCUT2D eigenvalue weighted by atomic mass is 9.62. The van der Waals surface area contributed by atoms with E-state index < -0.39 is 5.41 Å². The average Bonchev–Trinajstić information content (AvgIpc) is 2.70. The summed E-state index contributed by atoms with van der Waals surface area (Å²) in [5.74, 6) is 3.90. The van der Waals surface area contributed by atoms with Crippen molar-refractivity contribution in [2.75, 3.05) is 6.61 Å². The quantitative estimate of drug-likeness (QED) is 0.440. The second-order valence-electron chi connectivity index (χ2n) is 9.84. The average molecular weight is 377 g/mol. The minimum atomic E-state index is -0.887. The molecule has 154 valence electrons. The Bertz CT molecular complexity index is 512. The Morgan fingerprint density at radius 2 is 1.41 bits per heavy atom. The summed E-state index contributed by atoms with van der Waals surface area (Å²) >= 11 is 0. The number of esters is 1. The van der Waals surface area contributed by atoms with Gasteiger partial charge in [0, 0.05) is 6.42 Å². The van der Waals surface area contributed by atoms with Crippen molar-refractivity contribution in [1.82, 2.24) is 0 Å². The number of ether oxygens (including phenoxy) is 1. The Balaban J connectivity index is 1.47. The van der Waals surface area contributed by atoms with E-state index in [9.17, 15) is 9.59 Å². The van der Waals surface area contributed by atoms with E-state index in [1.807, 2.05) is 6.92 Å². The van der Waals surface area contributed by atoms with E-state index in [4.69, 9.17) is 4.74 Å². The van der Waals surface area contributed by atoms with Gasteiger partial charge in [0.15, 0.2) is 0 Å². The lowest BCUT2D eigenvalue weighted by Gasteiger charge is -2.42. The molecule has 0 unspecified atom stereocenters. The standard InChI is InChI=1S/C24H40O3/c1-4-17-6-8-18(9-7-17)19-10-12-20(13-11-19)21-14-15-24(3,22(25)16-21)23(26)27-5-2/h17-21H,4-16H2,1-3H3/t17-,18-,19?,20?,21-,24+/m1/s1. The number of ketones is 1. The zero-order valence-electron chi connectivity index (χ0n) is 17.8. The fourth-order valence-corrected chi connectivity index (χ4v) is 6.24. The molecule has 0 heterocycles. The summed E-state index contributed by atoms with van der Waals surface area (Å²) in [5, 5.41) is 0. The number of carbonyl (C=O) groups excluding carboxylic acids is 2. The van der Waals surface area contributed by atoms with Gasteiger partial charge in [-0.15, -0.1) is 0 Å².